The van der Waals surface area contributed by atoms with Gasteiger partial charge in [0, 0.05) is 6.54 Å². The maximum atomic E-state index is 9.49. The molecule has 0 bridgehead atoms. The van der Waals surface area contributed by atoms with Crippen molar-refractivity contribution >= 4 is 0 Å². The molecule has 0 aliphatic carbocycles. The van der Waals surface area contributed by atoms with Gasteiger partial charge in [-0.2, -0.15) is 0 Å². The van der Waals surface area contributed by atoms with Gasteiger partial charge in [0.15, 0.2) is 0 Å². The maximum Gasteiger partial charge on any atom is 0.0664 e. The fraction of sp³-hybridized carbons (Fsp3) is 1.00. The van der Waals surface area contributed by atoms with Crippen LogP contribution in [0.25, 0.3) is 0 Å². The SMILES string of the molecule is CCC(O)CN1CCC(CC)CC1. The molecule has 0 aromatic carbocycles. The van der Waals surface area contributed by atoms with Crippen LogP contribution in [0.1, 0.15) is 39.5 Å². The van der Waals surface area contributed by atoms with Crippen molar-refractivity contribution in [2.75, 3.05) is 19.6 Å². The van der Waals surface area contributed by atoms with Crippen molar-refractivity contribution in [3.8, 4) is 0 Å². The molecule has 1 unspecified atom stereocenters. The quantitative estimate of drug-likeness (QED) is 0.723. The van der Waals surface area contributed by atoms with E-state index in [1.807, 2.05) is 6.92 Å². The van der Waals surface area contributed by atoms with E-state index in [1.165, 1.54) is 32.4 Å². The molecule has 78 valence electrons. The van der Waals surface area contributed by atoms with Gasteiger partial charge >= 0.3 is 0 Å². The summed E-state index contributed by atoms with van der Waals surface area (Å²) in [5.74, 6) is 0.940. The molecular weight excluding hydrogens is 162 g/mol. The zero-order valence-corrected chi connectivity index (χ0v) is 9.00. The third-order valence-electron chi connectivity index (χ3n) is 3.22. The standard InChI is InChI=1S/C11H23NO/c1-3-10-5-7-12(8-6-10)9-11(13)4-2/h10-11,13H,3-9H2,1-2H3. The molecule has 0 radical (unpaired) electrons. The van der Waals surface area contributed by atoms with Crippen LogP contribution in [0.4, 0.5) is 0 Å². The number of β-amino-alcohol motifs (C(OH)–C–C–N with tert-alkyl or cyclic N) is 1. The van der Waals surface area contributed by atoms with Gasteiger partial charge in [0.25, 0.3) is 0 Å². The van der Waals surface area contributed by atoms with Gasteiger partial charge in [-0.1, -0.05) is 20.3 Å². The molecule has 1 fully saturated rings. The van der Waals surface area contributed by atoms with Crippen LogP contribution in [0.15, 0.2) is 0 Å². The average Bonchev–Trinajstić information content (AvgIpc) is 2.19. The highest BCUT2D eigenvalue weighted by Gasteiger charge is 2.18. The van der Waals surface area contributed by atoms with E-state index in [-0.39, 0.29) is 6.10 Å². The van der Waals surface area contributed by atoms with E-state index in [0.717, 1.165) is 18.9 Å². The topological polar surface area (TPSA) is 23.5 Å². The molecule has 1 heterocycles. The normalized spacial score (nSPS) is 23.3. The number of aliphatic hydroxyl groups is 1. The molecule has 0 saturated carbocycles. The highest BCUT2D eigenvalue weighted by Crippen LogP contribution is 2.19. The number of rotatable bonds is 4. The van der Waals surface area contributed by atoms with Crippen LogP contribution in [0.5, 0.6) is 0 Å². The van der Waals surface area contributed by atoms with Gasteiger partial charge in [-0.3, -0.25) is 0 Å². The molecule has 0 spiro atoms. The van der Waals surface area contributed by atoms with Gasteiger partial charge in [-0.05, 0) is 38.3 Å². The van der Waals surface area contributed by atoms with Gasteiger partial charge in [0.2, 0.25) is 0 Å². The summed E-state index contributed by atoms with van der Waals surface area (Å²) in [7, 11) is 0. The Morgan fingerprint density at radius 3 is 2.38 bits per heavy atom. The molecule has 1 atom stereocenters. The molecule has 2 nitrogen and oxygen atoms in total. The van der Waals surface area contributed by atoms with Gasteiger partial charge < -0.3 is 10.0 Å². The summed E-state index contributed by atoms with van der Waals surface area (Å²) in [5, 5.41) is 9.49. The summed E-state index contributed by atoms with van der Waals surface area (Å²) < 4.78 is 0. The summed E-state index contributed by atoms with van der Waals surface area (Å²) in [6.45, 7) is 7.59. The van der Waals surface area contributed by atoms with Crippen molar-refractivity contribution in [2.45, 2.75) is 45.6 Å². The second kappa shape index (κ2) is 5.61. The highest BCUT2D eigenvalue weighted by atomic mass is 16.3. The van der Waals surface area contributed by atoms with Crippen LogP contribution in [0, 0.1) is 5.92 Å². The van der Waals surface area contributed by atoms with Crippen molar-refractivity contribution in [1.82, 2.24) is 4.90 Å². The summed E-state index contributed by atoms with van der Waals surface area (Å²) in [6, 6.07) is 0. The monoisotopic (exact) mass is 185 g/mol. The molecule has 0 aromatic heterocycles. The molecule has 1 saturated heterocycles. The van der Waals surface area contributed by atoms with Gasteiger partial charge in [-0.25, -0.2) is 0 Å². The molecule has 1 N–H and O–H groups in total. The van der Waals surface area contributed by atoms with Crippen LogP contribution in [0.2, 0.25) is 0 Å². The number of aliphatic hydroxyl groups excluding tert-OH is 1. The molecular formula is C11H23NO. The predicted molar refractivity (Wildman–Crippen MR) is 55.8 cm³/mol. The Hall–Kier alpha value is -0.0800. The number of likely N-dealkylation sites (tertiary alicyclic amines) is 1. The summed E-state index contributed by atoms with van der Waals surface area (Å²) in [6.07, 6.45) is 4.75. The maximum absolute atomic E-state index is 9.49. The lowest BCUT2D eigenvalue weighted by Gasteiger charge is -2.32. The Morgan fingerprint density at radius 2 is 1.92 bits per heavy atom. The zero-order chi connectivity index (χ0) is 9.68. The molecule has 2 heteroatoms. The number of hydrogen-bond acceptors (Lipinski definition) is 2. The Balaban J connectivity index is 2.17. The van der Waals surface area contributed by atoms with Crippen LogP contribution in [-0.4, -0.2) is 35.7 Å². The first kappa shape index (κ1) is 11.0. The van der Waals surface area contributed by atoms with Gasteiger partial charge in [0.05, 0.1) is 6.10 Å². The summed E-state index contributed by atoms with van der Waals surface area (Å²) >= 11 is 0. The molecule has 1 aliphatic rings. The summed E-state index contributed by atoms with van der Waals surface area (Å²) in [4.78, 5) is 2.40. The zero-order valence-electron chi connectivity index (χ0n) is 9.00. The number of piperidine rings is 1. The van der Waals surface area contributed by atoms with E-state index in [1.54, 1.807) is 0 Å². The van der Waals surface area contributed by atoms with Gasteiger partial charge in [-0.15, -0.1) is 0 Å². The first-order valence-corrected chi connectivity index (χ1v) is 5.66. The lowest BCUT2D eigenvalue weighted by molar-refractivity contribution is 0.0864. The minimum atomic E-state index is -0.113. The first-order chi connectivity index (χ1) is 6.26. The highest BCUT2D eigenvalue weighted by molar-refractivity contribution is 4.73. The smallest absolute Gasteiger partial charge is 0.0664 e. The van der Waals surface area contributed by atoms with E-state index in [4.69, 9.17) is 0 Å². The molecule has 0 aromatic rings. The largest absolute Gasteiger partial charge is 0.392 e. The van der Waals surface area contributed by atoms with Crippen LogP contribution < -0.4 is 0 Å². The van der Waals surface area contributed by atoms with Crippen molar-refractivity contribution in [3.05, 3.63) is 0 Å². The number of nitrogens with zero attached hydrogens (tertiary/aromatic N) is 1. The van der Waals surface area contributed by atoms with Crippen molar-refractivity contribution in [2.24, 2.45) is 5.92 Å². The lowest BCUT2D eigenvalue weighted by atomic mass is 9.94. The van der Waals surface area contributed by atoms with Crippen molar-refractivity contribution in [3.63, 3.8) is 0 Å². The molecule has 1 rings (SSSR count). The van der Waals surface area contributed by atoms with E-state index in [0.29, 0.717) is 0 Å². The van der Waals surface area contributed by atoms with E-state index in [2.05, 4.69) is 11.8 Å². The first-order valence-electron chi connectivity index (χ1n) is 5.66. The van der Waals surface area contributed by atoms with Crippen molar-refractivity contribution < 1.29 is 5.11 Å². The fourth-order valence-electron chi connectivity index (χ4n) is 2.00. The second-order valence-electron chi connectivity index (χ2n) is 4.21. The lowest BCUT2D eigenvalue weighted by Crippen LogP contribution is -2.38. The third kappa shape index (κ3) is 3.65. The average molecular weight is 185 g/mol. The Labute approximate surface area is 81.9 Å². The van der Waals surface area contributed by atoms with Crippen LogP contribution >= 0.6 is 0 Å². The minimum Gasteiger partial charge on any atom is -0.392 e. The molecule has 13 heavy (non-hydrogen) atoms. The molecule has 1 aliphatic heterocycles. The van der Waals surface area contributed by atoms with E-state index >= 15 is 0 Å². The third-order valence-corrected chi connectivity index (χ3v) is 3.22. The van der Waals surface area contributed by atoms with Crippen LogP contribution in [-0.2, 0) is 0 Å². The Morgan fingerprint density at radius 1 is 1.31 bits per heavy atom. The summed E-state index contributed by atoms with van der Waals surface area (Å²) in [5.41, 5.74) is 0. The molecule has 0 amide bonds. The van der Waals surface area contributed by atoms with Gasteiger partial charge in [0.1, 0.15) is 0 Å². The minimum absolute atomic E-state index is 0.113. The second-order valence-corrected chi connectivity index (χ2v) is 4.21. The van der Waals surface area contributed by atoms with Crippen molar-refractivity contribution in [1.29, 1.82) is 0 Å². The van der Waals surface area contributed by atoms with E-state index in [9.17, 15) is 5.11 Å². The fourth-order valence-corrected chi connectivity index (χ4v) is 2.00. The van der Waals surface area contributed by atoms with E-state index < -0.39 is 0 Å². The van der Waals surface area contributed by atoms with Crippen LogP contribution in [0.3, 0.4) is 0 Å². The predicted octanol–water partition coefficient (Wildman–Crippen LogP) is 1.88. The Kier molecular flexibility index (Phi) is 4.74. The Bertz CT molecular complexity index is 130. The number of hydrogen-bond donors (Lipinski definition) is 1.